The number of anilines is 1. The maximum Gasteiger partial charge on any atom is 0.416 e. The molecule has 0 atom stereocenters. The van der Waals surface area contributed by atoms with Gasteiger partial charge < -0.3 is 5.32 Å². The van der Waals surface area contributed by atoms with E-state index in [4.69, 9.17) is 11.6 Å². The van der Waals surface area contributed by atoms with Crippen LogP contribution in [-0.2, 0) is 6.18 Å². The summed E-state index contributed by atoms with van der Waals surface area (Å²) in [6.07, 6.45) is -4.49. The van der Waals surface area contributed by atoms with Gasteiger partial charge in [-0.25, -0.2) is 0 Å². The van der Waals surface area contributed by atoms with E-state index < -0.39 is 17.6 Å². The van der Waals surface area contributed by atoms with E-state index in [1.807, 2.05) is 0 Å². The van der Waals surface area contributed by atoms with Gasteiger partial charge in [0.1, 0.15) is 0 Å². The van der Waals surface area contributed by atoms with Crippen LogP contribution in [0.2, 0.25) is 5.02 Å². The lowest BCUT2D eigenvalue weighted by atomic mass is 10.2. The number of halogens is 5. The first-order valence-corrected chi connectivity index (χ1v) is 7.24. The van der Waals surface area contributed by atoms with Crippen LogP contribution in [0.5, 0.6) is 0 Å². The van der Waals surface area contributed by atoms with Gasteiger partial charge in [0.25, 0.3) is 5.91 Å². The van der Waals surface area contributed by atoms with Gasteiger partial charge in [-0.05, 0) is 40.2 Å². The number of rotatable bonds is 2. The molecule has 2 aromatic rings. The number of benzene rings is 1. The molecule has 0 unspecified atom stereocenters. The molecule has 0 saturated carbocycles. The molecule has 0 saturated heterocycles. The van der Waals surface area contributed by atoms with E-state index in [9.17, 15) is 18.0 Å². The Kier molecular flexibility index (Phi) is 4.41. The molecule has 1 N–H and O–H groups in total. The van der Waals surface area contributed by atoms with Crippen LogP contribution in [0, 0.1) is 0 Å². The predicted molar refractivity (Wildman–Crippen MR) is 76.4 cm³/mol. The lowest BCUT2D eigenvalue weighted by molar-refractivity contribution is -0.137. The van der Waals surface area contributed by atoms with E-state index >= 15 is 0 Å². The molecule has 2 nitrogen and oxygen atoms in total. The number of amides is 1. The molecule has 0 spiro atoms. The van der Waals surface area contributed by atoms with E-state index in [2.05, 4.69) is 21.2 Å². The largest absolute Gasteiger partial charge is 0.416 e. The minimum atomic E-state index is -4.49. The first kappa shape index (κ1) is 15.3. The third-order valence-corrected chi connectivity index (χ3v) is 4.21. The number of nitrogens with one attached hydrogen (secondary N) is 1. The third-order valence-electron chi connectivity index (χ3n) is 2.37. The van der Waals surface area contributed by atoms with Crippen molar-refractivity contribution in [3.05, 3.63) is 49.6 Å². The molecule has 2 rings (SSSR count). The summed E-state index contributed by atoms with van der Waals surface area (Å²) >= 11 is 10.3. The molecule has 0 radical (unpaired) electrons. The van der Waals surface area contributed by atoms with Crippen molar-refractivity contribution in [1.29, 1.82) is 0 Å². The van der Waals surface area contributed by atoms with Crippen LogP contribution in [0.4, 0.5) is 18.9 Å². The van der Waals surface area contributed by atoms with Crippen molar-refractivity contribution in [2.45, 2.75) is 6.18 Å². The topological polar surface area (TPSA) is 29.1 Å². The Bertz CT molecular complexity index is 656. The average Bonchev–Trinajstić information content (AvgIpc) is 2.77. The Morgan fingerprint density at radius 2 is 2.00 bits per heavy atom. The summed E-state index contributed by atoms with van der Waals surface area (Å²) in [5, 5.41) is 3.99. The minimum Gasteiger partial charge on any atom is -0.321 e. The van der Waals surface area contributed by atoms with Gasteiger partial charge in [0.05, 0.1) is 25.6 Å². The second kappa shape index (κ2) is 5.75. The van der Waals surface area contributed by atoms with Crippen molar-refractivity contribution in [2.75, 3.05) is 5.32 Å². The Morgan fingerprint density at radius 1 is 1.30 bits per heavy atom. The van der Waals surface area contributed by atoms with E-state index in [1.165, 1.54) is 11.3 Å². The molecule has 0 bridgehead atoms. The number of alkyl halides is 3. The Morgan fingerprint density at radius 3 is 2.55 bits per heavy atom. The lowest BCUT2D eigenvalue weighted by Crippen LogP contribution is -2.13. The second-order valence-electron chi connectivity index (χ2n) is 3.79. The summed E-state index contributed by atoms with van der Waals surface area (Å²) in [6, 6.07) is 4.34. The maximum atomic E-state index is 12.6. The second-order valence-corrected chi connectivity index (χ2v) is 6.48. The van der Waals surface area contributed by atoms with Crippen LogP contribution in [0.3, 0.4) is 0 Å². The van der Waals surface area contributed by atoms with Crippen molar-refractivity contribution >= 4 is 50.5 Å². The number of carbonyl (C=O) groups is 1. The Balaban J connectivity index is 2.27. The highest BCUT2D eigenvalue weighted by atomic mass is 79.9. The molecule has 8 heteroatoms. The smallest absolute Gasteiger partial charge is 0.321 e. The standard InChI is InChI=1S/C12H6BrClF3NOS/c13-10-3-6(5-20-10)11(19)18-9-4-7(12(15,16)17)1-2-8(9)14/h1-5H,(H,18,19). The van der Waals surface area contributed by atoms with E-state index in [-0.39, 0.29) is 10.7 Å². The maximum absolute atomic E-state index is 12.6. The van der Waals surface area contributed by atoms with Gasteiger partial charge >= 0.3 is 6.18 Å². The van der Waals surface area contributed by atoms with Gasteiger partial charge in [-0.3, -0.25) is 4.79 Å². The van der Waals surface area contributed by atoms with Crippen LogP contribution in [0.1, 0.15) is 15.9 Å². The van der Waals surface area contributed by atoms with Crippen molar-refractivity contribution in [3.8, 4) is 0 Å². The van der Waals surface area contributed by atoms with Gasteiger partial charge in [-0.2, -0.15) is 13.2 Å². The highest BCUT2D eigenvalue weighted by Gasteiger charge is 2.31. The summed E-state index contributed by atoms with van der Waals surface area (Å²) in [5.41, 5.74) is -0.604. The van der Waals surface area contributed by atoms with Crippen LogP contribution in [0.15, 0.2) is 33.4 Å². The summed E-state index contributed by atoms with van der Waals surface area (Å²) in [5.74, 6) is -0.520. The molecule has 106 valence electrons. The zero-order valence-electron chi connectivity index (χ0n) is 9.59. The molecule has 0 fully saturated rings. The summed E-state index contributed by atoms with van der Waals surface area (Å²) in [4.78, 5) is 11.9. The fraction of sp³-hybridized carbons (Fsp3) is 0.0833. The zero-order valence-corrected chi connectivity index (χ0v) is 12.8. The fourth-order valence-electron chi connectivity index (χ4n) is 1.42. The first-order valence-electron chi connectivity index (χ1n) is 5.19. The van der Waals surface area contributed by atoms with Crippen molar-refractivity contribution in [2.24, 2.45) is 0 Å². The van der Waals surface area contributed by atoms with E-state index in [1.54, 1.807) is 11.4 Å². The van der Waals surface area contributed by atoms with Crippen LogP contribution in [0.25, 0.3) is 0 Å². The molecule has 1 aromatic carbocycles. The summed E-state index contributed by atoms with van der Waals surface area (Å²) in [7, 11) is 0. The third kappa shape index (κ3) is 3.53. The SMILES string of the molecule is O=C(Nc1cc(C(F)(F)F)ccc1Cl)c1csc(Br)c1. The normalized spacial score (nSPS) is 11.4. The zero-order chi connectivity index (χ0) is 14.9. The molecule has 0 aliphatic rings. The van der Waals surface area contributed by atoms with Crippen LogP contribution < -0.4 is 5.32 Å². The minimum absolute atomic E-state index is 0.0423. The summed E-state index contributed by atoms with van der Waals surface area (Å²) in [6.45, 7) is 0. The van der Waals surface area contributed by atoms with Gasteiger partial charge in [0, 0.05) is 5.38 Å². The van der Waals surface area contributed by atoms with Gasteiger partial charge in [0.2, 0.25) is 0 Å². The average molecular weight is 385 g/mol. The fourth-order valence-corrected chi connectivity index (χ4v) is 2.72. The molecule has 0 aliphatic heterocycles. The quantitative estimate of drug-likeness (QED) is 0.734. The Labute approximate surface area is 129 Å². The van der Waals surface area contributed by atoms with Crippen molar-refractivity contribution in [3.63, 3.8) is 0 Å². The lowest BCUT2D eigenvalue weighted by Gasteiger charge is -2.11. The highest BCUT2D eigenvalue weighted by molar-refractivity contribution is 9.11. The van der Waals surface area contributed by atoms with E-state index in [0.29, 0.717) is 5.56 Å². The van der Waals surface area contributed by atoms with Crippen LogP contribution in [-0.4, -0.2) is 5.91 Å². The first-order chi connectivity index (χ1) is 9.27. The molecular formula is C12H6BrClF3NOS. The number of thiophene rings is 1. The number of hydrogen-bond acceptors (Lipinski definition) is 2. The van der Waals surface area contributed by atoms with Gasteiger partial charge in [0.15, 0.2) is 0 Å². The number of carbonyl (C=O) groups excluding carboxylic acids is 1. The molecule has 1 amide bonds. The molecule has 1 aromatic heterocycles. The molecule has 0 aliphatic carbocycles. The predicted octanol–water partition coefficient (Wildman–Crippen LogP) is 5.44. The van der Waals surface area contributed by atoms with Gasteiger partial charge in [-0.1, -0.05) is 11.6 Å². The molecule has 20 heavy (non-hydrogen) atoms. The molecule has 1 heterocycles. The van der Waals surface area contributed by atoms with Gasteiger partial charge in [-0.15, -0.1) is 11.3 Å². The van der Waals surface area contributed by atoms with Crippen molar-refractivity contribution in [1.82, 2.24) is 0 Å². The number of hydrogen-bond donors (Lipinski definition) is 1. The molecular weight excluding hydrogens is 379 g/mol. The monoisotopic (exact) mass is 383 g/mol. The highest BCUT2D eigenvalue weighted by Crippen LogP contribution is 2.34. The Hall–Kier alpha value is -1.05. The van der Waals surface area contributed by atoms with Crippen molar-refractivity contribution < 1.29 is 18.0 Å². The van der Waals surface area contributed by atoms with E-state index in [0.717, 1.165) is 22.0 Å². The van der Waals surface area contributed by atoms with Crippen LogP contribution >= 0.6 is 38.9 Å². The summed E-state index contributed by atoms with van der Waals surface area (Å²) < 4.78 is 38.6.